The zero-order valence-electron chi connectivity index (χ0n) is 29.4. The van der Waals surface area contributed by atoms with E-state index in [-0.39, 0.29) is 0 Å². The summed E-state index contributed by atoms with van der Waals surface area (Å²) in [5.41, 5.74) is 12.8. The number of fused-ring (bicyclic) bond motifs is 5. The van der Waals surface area contributed by atoms with Crippen LogP contribution in [0.25, 0.3) is 33.0 Å². The molecule has 0 aliphatic heterocycles. The van der Waals surface area contributed by atoms with Crippen molar-refractivity contribution in [2.45, 2.75) is 62.0 Å². The molecule has 7 rings (SSSR count). The number of methoxy groups -OCH3 is 3. The number of ether oxygens (including phenoxy) is 3. The number of rotatable bonds is 12. The summed E-state index contributed by atoms with van der Waals surface area (Å²) in [6.45, 7) is 7.15. The van der Waals surface area contributed by atoms with Crippen molar-refractivity contribution >= 4 is 21.9 Å². The maximum atomic E-state index is 6.21. The molecular formula is C44H48O3Zr. The van der Waals surface area contributed by atoms with Gasteiger partial charge in [-0.3, -0.25) is 0 Å². The van der Waals surface area contributed by atoms with Gasteiger partial charge in [0.15, 0.2) is 0 Å². The molecule has 0 fully saturated rings. The van der Waals surface area contributed by atoms with Crippen molar-refractivity contribution in [3.05, 3.63) is 125 Å². The molecule has 3 nitrogen and oxygen atoms in total. The Hall–Kier alpha value is -3.62. The molecule has 4 heteroatoms. The fraction of sp³-hybridized carbons (Fsp3) is 0.318. The number of hydrogen-bond acceptors (Lipinski definition) is 3. The van der Waals surface area contributed by atoms with E-state index >= 15 is 0 Å². The van der Waals surface area contributed by atoms with Gasteiger partial charge in [0.1, 0.15) is 0 Å². The standard InChI is InChI=1S/C20H15.C16H15O3.2C4H9.Zr/c1-14-17-10-4-3-8-16(17)13-20(14)19-12-6-9-15-7-2-5-11-18(15)19;1-17-12-5-6-13-11(9-12)8-10-4-7-14(18-2)16(19-3)15(10)13;2*1-3-4-2;/h2-13H,1H3;4-9H,1-3H3;2*1,3-4H2,2H3;. The van der Waals surface area contributed by atoms with Crippen LogP contribution in [0.5, 0.6) is 17.2 Å². The summed E-state index contributed by atoms with van der Waals surface area (Å²) >= 11 is -3.58. The van der Waals surface area contributed by atoms with Crippen molar-refractivity contribution in [3.63, 3.8) is 0 Å². The molecule has 0 saturated heterocycles. The molecule has 5 aromatic carbocycles. The van der Waals surface area contributed by atoms with E-state index in [1.54, 1.807) is 32.5 Å². The van der Waals surface area contributed by atoms with Crippen molar-refractivity contribution < 1.29 is 34.5 Å². The molecule has 2 aliphatic carbocycles. The molecule has 0 spiro atoms. The second-order valence-electron chi connectivity index (χ2n) is 13.7. The van der Waals surface area contributed by atoms with E-state index in [9.17, 15) is 0 Å². The van der Waals surface area contributed by atoms with Gasteiger partial charge in [-0.05, 0) is 0 Å². The summed E-state index contributed by atoms with van der Waals surface area (Å²) in [6, 6.07) is 36.6. The molecular weight excluding hydrogens is 668 g/mol. The molecule has 0 saturated carbocycles. The first-order chi connectivity index (χ1) is 23.5. The summed E-state index contributed by atoms with van der Waals surface area (Å²) in [4.78, 5) is 0. The molecule has 0 amide bonds. The Kier molecular flexibility index (Phi) is 9.40. The molecule has 48 heavy (non-hydrogen) atoms. The van der Waals surface area contributed by atoms with Crippen LogP contribution in [0, 0.1) is 0 Å². The molecule has 2 atom stereocenters. The fourth-order valence-electron chi connectivity index (χ4n) is 9.28. The molecule has 5 aromatic rings. The first-order valence-corrected chi connectivity index (χ1v) is 24.1. The Labute approximate surface area is 291 Å². The van der Waals surface area contributed by atoms with E-state index in [1.807, 2.05) is 0 Å². The third kappa shape index (κ3) is 5.18. The van der Waals surface area contributed by atoms with Crippen LogP contribution in [0.2, 0.25) is 8.26 Å². The average molecular weight is 716 g/mol. The van der Waals surface area contributed by atoms with Gasteiger partial charge in [-0.15, -0.1) is 0 Å². The predicted octanol–water partition coefficient (Wildman–Crippen LogP) is 12.2. The van der Waals surface area contributed by atoms with Crippen LogP contribution in [0.1, 0.15) is 81.5 Å². The van der Waals surface area contributed by atoms with Gasteiger partial charge < -0.3 is 0 Å². The Morgan fingerprint density at radius 3 is 2.04 bits per heavy atom. The molecule has 2 aliphatic rings. The Morgan fingerprint density at radius 2 is 1.31 bits per heavy atom. The summed E-state index contributed by atoms with van der Waals surface area (Å²) in [7, 11) is 5.33. The molecule has 2 unspecified atom stereocenters. The van der Waals surface area contributed by atoms with Gasteiger partial charge >= 0.3 is 293 Å². The second kappa shape index (κ2) is 13.7. The third-order valence-corrected chi connectivity index (χ3v) is 26.3. The van der Waals surface area contributed by atoms with Gasteiger partial charge in [0.05, 0.1) is 0 Å². The molecule has 0 radical (unpaired) electrons. The molecule has 0 bridgehead atoms. The van der Waals surface area contributed by atoms with E-state index in [1.165, 1.54) is 83.7 Å². The van der Waals surface area contributed by atoms with E-state index < -0.39 is 20.3 Å². The number of allylic oxidation sites excluding steroid dienone is 2. The van der Waals surface area contributed by atoms with E-state index in [0.29, 0.717) is 7.25 Å². The minimum absolute atomic E-state index is 0.339. The summed E-state index contributed by atoms with van der Waals surface area (Å²) in [6.07, 6.45) is 4.89. The van der Waals surface area contributed by atoms with Crippen molar-refractivity contribution in [1.82, 2.24) is 0 Å². The Bertz CT molecular complexity index is 1990. The predicted molar refractivity (Wildman–Crippen MR) is 198 cm³/mol. The van der Waals surface area contributed by atoms with Gasteiger partial charge in [0.25, 0.3) is 0 Å². The van der Waals surface area contributed by atoms with Crippen LogP contribution < -0.4 is 14.2 Å². The Morgan fingerprint density at radius 1 is 0.604 bits per heavy atom. The van der Waals surface area contributed by atoms with E-state index in [2.05, 4.69) is 118 Å². The normalized spacial score (nSPS) is 16.5. The monoisotopic (exact) mass is 714 g/mol. The van der Waals surface area contributed by atoms with Crippen molar-refractivity contribution in [3.8, 4) is 28.4 Å². The Balaban J connectivity index is 1.59. The third-order valence-electron chi connectivity index (χ3n) is 11.3. The van der Waals surface area contributed by atoms with Crippen LogP contribution in [0.4, 0.5) is 0 Å². The first kappa shape index (κ1) is 32.9. The quantitative estimate of drug-likeness (QED) is 0.129. The van der Waals surface area contributed by atoms with Crippen LogP contribution in [-0.4, -0.2) is 21.3 Å². The number of benzene rings is 5. The van der Waals surface area contributed by atoms with Crippen LogP contribution in [0.15, 0.2) is 97.1 Å². The van der Waals surface area contributed by atoms with Crippen molar-refractivity contribution in [2.75, 3.05) is 21.3 Å². The van der Waals surface area contributed by atoms with Crippen LogP contribution >= 0.6 is 0 Å². The first-order valence-electron chi connectivity index (χ1n) is 17.7. The topological polar surface area (TPSA) is 27.7 Å². The summed E-state index contributed by atoms with van der Waals surface area (Å²) < 4.78 is 21.5. The van der Waals surface area contributed by atoms with Crippen molar-refractivity contribution in [1.29, 1.82) is 0 Å². The second-order valence-corrected chi connectivity index (χ2v) is 25.0. The SMILES string of the molecule is CCC[CH2][Zr]([CH2]CCC)([CH]1C(c2cccc3ccccc23)=C(C)c2ccccc21)[CH]1c2cc(OC)ccc2-c2c1ccc(OC)c2OC. The van der Waals surface area contributed by atoms with Crippen molar-refractivity contribution in [2.24, 2.45) is 0 Å². The van der Waals surface area contributed by atoms with E-state index in [0.717, 1.165) is 17.2 Å². The summed E-state index contributed by atoms with van der Waals surface area (Å²) in [5.74, 6) is 2.57. The van der Waals surface area contributed by atoms with Crippen LogP contribution in [0.3, 0.4) is 0 Å². The van der Waals surface area contributed by atoms with E-state index in [4.69, 9.17) is 14.2 Å². The van der Waals surface area contributed by atoms with Gasteiger partial charge in [-0.2, -0.15) is 0 Å². The van der Waals surface area contributed by atoms with Crippen LogP contribution in [-0.2, 0) is 20.3 Å². The average Bonchev–Trinajstić information content (AvgIpc) is 3.63. The number of hydrogen-bond donors (Lipinski definition) is 0. The minimum atomic E-state index is -3.58. The maximum absolute atomic E-state index is 6.21. The van der Waals surface area contributed by atoms with Gasteiger partial charge in [0.2, 0.25) is 0 Å². The zero-order valence-corrected chi connectivity index (χ0v) is 31.8. The summed E-state index contributed by atoms with van der Waals surface area (Å²) in [5, 5.41) is 2.67. The van der Waals surface area contributed by atoms with Gasteiger partial charge in [-0.25, -0.2) is 0 Å². The molecule has 0 heterocycles. The molecule has 0 N–H and O–H groups in total. The number of unbranched alkanes of at least 4 members (excludes halogenated alkanes) is 2. The van der Waals surface area contributed by atoms with Gasteiger partial charge in [-0.1, -0.05) is 0 Å². The molecule has 0 aromatic heterocycles. The fourth-order valence-corrected chi connectivity index (χ4v) is 27.2. The molecule has 246 valence electrons. The van der Waals surface area contributed by atoms with Gasteiger partial charge in [0, 0.05) is 0 Å². The zero-order chi connectivity index (χ0) is 33.4.